The minimum atomic E-state index is 0.0702. The molecule has 0 aliphatic heterocycles. The molecule has 0 bridgehead atoms. The lowest BCUT2D eigenvalue weighted by molar-refractivity contribution is -0.117. The molecule has 0 radical (unpaired) electrons. The number of anilines is 1. The Bertz CT molecular complexity index is 771. The van der Waals surface area contributed by atoms with Crippen molar-refractivity contribution in [2.45, 2.75) is 38.0 Å². The molecule has 0 unspecified atom stereocenters. The van der Waals surface area contributed by atoms with Crippen molar-refractivity contribution in [3.8, 4) is 0 Å². The Hall–Kier alpha value is -2.31. The molecule has 1 fully saturated rings. The van der Waals surface area contributed by atoms with Gasteiger partial charge in [-0.15, -0.1) is 0 Å². The Morgan fingerprint density at radius 1 is 1.12 bits per heavy atom. The zero-order valence-electron chi connectivity index (χ0n) is 14.0. The smallest absolute Gasteiger partial charge is 0.224 e. The molecule has 0 atom stereocenters. The summed E-state index contributed by atoms with van der Waals surface area (Å²) in [7, 11) is 0. The number of nitrogens with one attached hydrogen (secondary N) is 1. The lowest BCUT2D eigenvalue weighted by atomic mass is 9.77. The van der Waals surface area contributed by atoms with E-state index < -0.39 is 0 Å². The third kappa shape index (κ3) is 4.84. The fourth-order valence-electron chi connectivity index (χ4n) is 3.56. The summed E-state index contributed by atoms with van der Waals surface area (Å²) in [4.78, 5) is 15.7. The zero-order valence-corrected chi connectivity index (χ0v) is 14.8. The number of carbonyl (C=O) groups excluding carboxylic acids is 1. The first-order chi connectivity index (χ1) is 12.1. The molecule has 1 saturated carbocycles. The number of amides is 1. The average Bonchev–Trinajstić information content (AvgIpc) is 2.64. The molecule has 0 spiro atoms. The van der Waals surface area contributed by atoms with Crippen molar-refractivity contribution < 1.29 is 4.79 Å². The van der Waals surface area contributed by atoms with Crippen molar-refractivity contribution in [2.75, 3.05) is 5.32 Å². The highest BCUT2D eigenvalue weighted by atomic mass is 35.5. The topological polar surface area (TPSA) is 33.5 Å². The van der Waals surface area contributed by atoms with Gasteiger partial charge in [0.1, 0.15) is 0 Å². The van der Waals surface area contributed by atoms with Crippen LogP contribution < -0.4 is 5.32 Å². The molecule has 0 saturated heterocycles. The molecule has 128 valence electrons. The highest BCUT2D eigenvalue weighted by Gasteiger charge is 2.24. The maximum Gasteiger partial charge on any atom is 0.224 e. The summed E-state index contributed by atoms with van der Waals surface area (Å²) in [6.07, 6.45) is 4.85. The van der Waals surface area contributed by atoms with Crippen LogP contribution in [0.5, 0.6) is 0 Å². The molecule has 1 aliphatic carbocycles. The van der Waals surface area contributed by atoms with Gasteiger partial charge in [-0.3, -0.25) is 4.79 Å². The van der Waals surface area contributed by atoms with Gasteiger partial charge in [-0.2, -0.15) is 0 Å². The molecule has 3 nitrogen and oxygen atoms in total. The van der Waals surface area contributed by atoms with E-state index in [0.29, 0.717) is 29.0 Å². The van der Waals surface area contributed by atoms with Crippen LogP contribution in [0.1, 0.15) is 43.6 Å². The lowest BCUT2D eigenvalue weighted by Gasteiger charge is -2.28. The summed E-state index contributed by atoms with van der Waals surface area (Å²) in [6.45, 7) is 7.14. The molecule has 1 aliphatic rings. The van der Waals surface area contributed by atoms with E-state index in [9.17, 15) is 4.79 Å². The number of hydrogen-bond donors (Lipinski definition) is 1. The monoisotopic (exact) mass is 352 g/mol. The van der Waals surface area contributed by atoms with E-state index in [1.807, 2.05) is 30.3 Å². The van der Waals surface area contributed by atoms with Crippen LogP contribution in [0.2, 0.25) is 5.02 Å². The van der Waals surface area contributed by atoms with Crippen molar-refractivity contribution in [3.05, 3.63) is 70.5 Å². The van der Waals surface area contributed by atoms with E-state index in [4.69, 9.17) is 18.2 Å². The van der Waals surface area contributed by atoms with Crippen LogP contribution in [0.25, 0.3) is 4.85 Å². The quantitative estimate of drug-likeness (QED) is 0.653. The summed E-state index contributed by atoms with van der Waals surface area (Å²) in [6, 6.07) is 15.1. The molecule has 2 aromatic rings. The van der Waals surface area contributed by atoms with Gasteiger partial charge in [0.15, 0.2) is 5.69 Å². The predicted octanol–water partition coefficient (Wildman–Crippen LogP) is 6.19. The van der Waals surface area contributed by atoms with Crippen LogP contribution in [0.3, 0.4) is 0 Å². The van der Waals surface area contributed by atoms with Crippen LogP contribution >= 0.6 is 11.6 Å². The molecule has 4 heteroatoms. The number of nitrogens with zero attached hydrogens (tertiary/aromatic N) is 1. The second-order valence-electron chi connectivity index (χ2n) is 6.68. The van der Waals surface area contributed by atoms with Crippen molar-refractivity contribution in [1.29, 1.82) is 0 Å². The number of halogens is 1. The van der Waals surface area contributed by atoms with Crippen molar-refractivity contribution in [1.82, 2.24) is 0 Å². The number of rotatable bonds is 4. The van der Waals surface area contributed by atoms with Gasteiger partial charge < -0.3 is 5.32 Å². The van der Waals surface area contributed by atoms with Crippen LogP contribution in [-0.2, 0) is 4.79 Å². The Kier molecular flexibility index (Phi) is 5.73. The Balaban J connectivity index is 1.49. The van der Waals surface area contributed by atoms with E-state index in [-0.39, 0.29) is 5.91 Å². The first kappa shape index (κ1) is 17.5. The van der Waals surface area contributed by atoms with Crippen LogP contribution in [-0.4, -0.2) is 5.91 Å². The van der Waals surface area contributed by atoms with Crippen molar-refractivity contribution in [2.24, 2.45) is 5.92 Å². The fourth-order valence-corrected chi connectivity index (χ4v) is 3.68. The number of hydrogen-bond acceptors (Lipinski definition) is 1. The van der Waals surface area contributed by atoms with Crippen molar-refractivity contribution >= 4 is 28.9 Å². The molecule has 0 heterocycles. The van der Waals surface area contributed by atoms with Crippen molar-refractivity contribution in [3.63, 3.8) is 0 Å². The summed E-state index contributed by atoms with van der Waals surface area (Å²) in [5.41, 5.74) is 2.76. The normalized spacial score (nSPS) is 19.8. The highest BCUT2D eigenvalue weighted by Crippen LogP contribution is 2.38. The standard InChI is InChI=1S/C21H21ClN2O/c1-23-20-4-2-3-17(14-20)16-7-5-15(6-8-16)13-21(25)24-19-11-9-18(22)10-12-19/h2-4,9-12,14-16H,5-8,13H2,(H,24,25). The molecule has 0 aromatic heterocycles. The highest BCUT2D eigenvalue weighted by molar-refractivity contribution is 6.30. The minimum Gasteiger partial charge on any atom is -0.326 e. The third-order valence-electron chi connectivity index (χ3n) is 4.92. The summed E-state index contributed by atoms with van der Waals surface area (Å²) >= 11 is 5.86. The van der Waals surface area contributed by atoms with Crippen LogP contribution in [0, 0.1) is 12.5 Å². The molecule has 2 aromatic carbocycles. The first-order valence-electron chi connectivity index (χ1n) is 8.67. The summed E-state index contributed by atoms with van der Waals surface area (Å²) in [5, 5.41) is 3.61. The van der Waals surface area contributed by atoms with Gasteiger partial charge >= 0.3 is 0 Å². The van der Waals surface area contributed by atoms with E-state index in [1.54, 1.807) is 12.1 Å². The van der Waals surface area contributed by atoms with Crippen LogP contribution in [0.15, 0.2) is 48.5 Å². The van der Waals surface area contributed by atoms with Crippen LogP contribution in [0.4, 0.5) is 11.4 Å². The van der Waals surface area contributed by atoms with E-state index in [2.05, 4.69) is 16.2 Å². The zero-order chi connectivity index (χ0) is 17.6. The Labute approximate surface area is 153 Å². The van der Waals surface area contributed by atoms with E-state index in [1.165, 1.54) is 5.56 Å². The SMILES string of the molecule is [C-]#[N+]c1cccc(C2CCC(CC(=O)Nc3ccc(Cl)cc3)CC2)c1. The van der Waals surface area contributed by atoms with Gasteiger partial charge in [0.2, 0.25) is 5.91 Å². The molecule has 1 N–H and O–H groups in total. The molecule has 3 rings (SSSR count). The second kappa shape index (κ2) is 8.18. The average molecular weight is 353 g/mol. The molecular weight excluding hydrogens is 332 g/mol. The van der Waals surface area contributed by atoms with E-state index in [0.717, 1.165) is 31.4 Å². The molecule has 25 heavy (non-hydrogen) atoms. The van der Waals surface area contributed by atoms with Gasteiger partial charge in [0, 0.05) is 17.1 Å². The van der Waals surface area contributed by atoms with Gasteiger partial charge in [-0.1, -0.05) is 41.4 Å². The summed E-state index contributed by atoms with van der Waals surface area (Å²) < 4.78 is 0. The van der Waals surface area contributed by atoms with Gasteiger partial charge in [-0.05, 0) is 61.8 Å². The third-order valence-corrected chi connectivity index (χ3v) is 5.17. The van der Waals surface area contributed by atoms with Gasteiger partial charge in [-0.25, -0.2) is 4.85 Å². The maximum atomic E-state index is 12.2. The molecule has 1 amide bonds. The maximum absolute atomic E-state index is 12.2. The number of benzene rings is 2. The molecular formula is C21H21ClN2O. The predicted molar refractivity (Wildman–Crippen MR) is 102 cm³/mol. The Morgan fingerprint density at radius 2 is 1.84 bits per heavy atom. The second-order valence-corrected chi connectivity index (χ2v) is 7.12. The Morgan fingerprint density at radius 3 is 2.52 bits per heavy atom. The fraction of sp³-hybridized carbons (Fsp3) is 0.333. The summed E-state index contributed by atoms with van der Waals surface area (Å²) in [5.74, 6) is 1.02. The number of carbonyl (C=O) groups is 1. The lowest BCUT2D eigenvalue weighted by Crippen LogP contribution is -2.20. The van der Waals surface area contributed by atoms with Gasteiger partial charge in [0.05, 0.1) is 6.57 Å². The van der Waals surface area contributed by atoms with E-state index >= 15 is 0 Å². The largest absolute Gasteiger partial charge is 0.326 e. The van der Waals surface area contributed by atoms with Gasteiger partial charge in [0.25, 0.3) is 0 Å². The minimum absolute atomic E-state index is 0.0702. The first-order valence-corrected chi connectivity index (χ1v) is 9.04.